The highest BCUT2D eigenvalue weighted by Crippen LogP contribution is 2.38. The van der Waals surface area contributed by atoms with Gasteiger partial charge in [-0.05, 0) is 50.8 Å². The SMILES string of the molecule is CN(C1CCC(F)(F)CC1)[C@H]1C[C@H]2C(=O)NC3(CCN(Cc4cncc(F)c4)CC3)CC(=O)N2C1. The molecule has 1 spiro atoms. The monoisotopic (exact) mass is 493 g/mol. The van der Waals surface area contributed by atoms with Crippen LogP contribution in [0, 0.1) is 5.82 Å². The molecule has 192 valence electrons. The molecular weight excluding hydrogens is 459 g/mol. The maximum absolute atomic E-state index is 13.6. The van der Waals surface area contributed by atoms with Gasteiger partial charge in [0.1, 0.15) is 11.9 Å². The lowest BCUT2D eigenvalue weighted by atomic mass is 9.84. The third-order valence-electron chi connectivity index (χ3n) is 8.60. The largest absolute Gasteiger partial charge is 0.348 e. The summed E-state index contributed by atoms with van der Waals surface area (Å²) in [6, 6.07) is 1.04. The number of fused-ring (bicyclic) bond motifs is 1. The molecule has 0 bridgehead atoms. The Kier molecular flexibility index (Phi) is 6.54. The number of nitrogens with zero attached hydrogens (tertiary/aromatic N) is 4. The normalized spacial score (nSPS) is 29.3. The Morgan fingerprint density at radius 1 is 1.11 bits per heavy atom. The Balaban J connectivity index is 1.19. The first-order valence-corrected chi connectivity index (χ1v) is 12.7. The van der Waals surface area contributed by atoms with Gasteiger partial charge in [-0.3, -0.25) is 24.4 Å². The highest BCUT2D eigenvalue weighted by Gasteiger charge is 2.50. The summed E-state index contributed by atoms with van der Waals surface area (Å²) < 4.78 is 40.6. The van der Waals surface area contributed by atoms with Crippen molar-refractivity contribution in [1.82, 2.24) is 25.0 Å². The third kappa shape index (κ3) is 5.18. The lowest BCUT2D eigenvalue weighted by molar-refractivity contribution is -0.135. The molecule has 4 heterocycles. The molecule has 1 saturated carbocycles. The summed E-state index contributed by atoms with van der Waals surface area (Å²) in [6.07, 6.45) is 5.65. The molecule has 0 aromatic carbocycles. The summed E-state index contributed by atoms with van der Waals surface area (Å²) in [5.41, 5.74) is 0.255. The highest BCUT2D eigenvalue weighted by atomic mass is 19.3. The number of alkyl halides is 2. The van der Waals surface area contributed by atoms with E-state index in [4.69, 9.17) is 0 Å². The smallest absolute Gasteiger partial charge is 0.248 e. The molecule has 1 aromatic heterocycles. The molecule has 10 heteroatoms. The van der Waals surface area contributed by atoms with Crippen molar-refractivity contribution in [2.24, 2.45) is 0 Å². The molecule has 2 amide bonds. The minimum Gasteiger partial charge on any atom is -0.348 e. The third-order valence-corrected chi connectivity index (χ3v) is 8.60. The molecule has 7 nitrogen and oxygen atoms in total. The van der Waals surface area contributed by atoms with Crippen molar-refractivity contribution in [3.05, 3.63) is 29.8 Å². The number of likely N-dealkylation sites (tertiary alicyclic amines) is 1. The number of piperidine rings is 1. The van der Waals surface area contributed by atoms with Crippen molar-refractivity contribution in [2.45, 2.75) is 87.5 Å². The number of halogens is 3. The van der Waals surface area contributed by atoms with Gasteiger partial charge in [-0.2, -0.15) is 0 Å². The minimum absolute atomic E-state index is 0.00203. The Morgan fingerprint density at radius 3 is 2.51 bits per heavy atom. The lowest BCUT2D eigenvalue weighted by Gasteiger charge is -2.41. The van der Waals surface area contributed by atoms with Gasteiger partial charge in [0, 0.05) is 57.3 Å². The van der Waals surface area contributed by atoms with Crippen LogP contribution in [-0.4, -0.2) is 87.8 Å². The molecule has 4 aliphatic rings. The van der Waals surface area contributed by atoms with E-state index in [1.54, 1.807) is 11.1 Å². The van der Waals surface area contributed by atoms with Crippen molar-refractivity contribution >= 4 is 11.8 Å². The standard InChI is InChI=1S/C25H34F3N5O2/c1-31(19-2-4-25(27,28)5-3-19)20-11-21-23(35)30-24(12-22(34)33(21)16-20)6-8-32(9-7-24)15-17-10-18(26)14-29-13-17/h10,13-14,19-21H,2-9,11-12,15-16H2,1H3,(H,30,35)/t20-,21-/m0/s1. The second-order valence-corrected chi connectivity index (χ2v) is 10.9. The zero-order valence-electron chi connectivity index (χ0n) is 20.2. The van der Waals surface area contributed by atoms with Crippen molar-refractivity contribution in [1.29, 1.82) is 0 Å². The molecule has 1 aromatic rings. The lowest BCUT2D eigenvalue weighted by Crippen LogP contribution is -2.56. The van der Waals surface area contributed by atoms with Gasteiger partial charge in [0.05, 0.1) is 18.2 Å². The number of likely N-dealkylation sites (N-methyl/N-ethyl adjacent to an activating group) is 1. The molecule has 3 saturated heterocycles. The van der Waals surface area contributed by atoms with Crippen molar-refractivity contribution in [3.63, 3.8) is 0 Å². The minimum atomic E-state index is -2.57. The molecule has 2 atom stereocenters. The average molecular weight is 494 g/mol. The van der Waals surface area contributed by atoms with Crippen LogP contribution in [0.25, 0.3) is 0 Å². The van der Waals surface area contributed by atoms with E-state index in [0.29, 0.717) is 58.3 Å². The maximum Gasteiger partial charge on any atom is 0.248 e. The van der Waals surface area contributed by atoms with Crippen molar-refractivity contribution < 1.29 is 22.8 Å². The van der Waals surface area contributed by atoms with Gasteiger partial charge in [0.25, 0.3) is 0 Å². The van der Waals surface area contributed by atoms with Gasteiger partial charge in [-0.15, -0.1) is 0 Å². The highest BCUT2D eigenvalue weighted by molar-refractivity contribution is 5.92. The van der Waals surface area contributed by atoms with Crippen molar-refractivity contribution in [2.75, 3.05) is 26.7 Å². The summed E-state index contributed by atoms with van der Waals surface area (Å²) >= 11 is 0. The fourth-order valence-corrected chi connectivity index (χ4v) is 6.38. The van der Waals surface area contributed by atoms with Crippen LogP contribution in [0.5, 0.6) is 0 Å². The molecule has 35 heavy (non-hydrogen) atoms. The Morgan fingerprint density at radius 2 is 1.83 bits per heavy atom. The topological polar surface area (TPSA) is 68.8 Å². The first-order chi connectivity index (χ1) is 16.6. The molecule has 0 unspecified atom stereocenters. The predicted molar refractivity (Wildman–Crippen MR) is 123 cm³/mol. The van der Waals surface area contributed by atoms with Crippen molar-refractivity contribution in [3.8, 4) is 0 Å². The summed E-state index contributed by atoms with van der Waals surface area (Å²) in [6.45, 7) is 2.45. The van der Waals surface area contributed by atoms with Crippen LogP contribution >= 0.6 is 0 Å². The van der Waals surface area contributed by atoms with Gasteiger partial charge in [0.2, 0.25) is 17.7 Å². The summed E-state index contributed by atoms with van der Waals surface area (Å²) in [5, 5.41) is 3.22. The molecular formula is C25H34F3N5O2. The van der Waals surface area contributed by atoms with E-state index in [-0.39, 0.29) is 49.0 Å². The molecule has 5 rings (SSSR count). The number of aromatic nitrogens is 1. The van der Waals surface area contributed by atoms with E-state index in [0.717, 1.165) is 5.56 Å². The Labute approximate surface area is 204 Å². The second kappa shape index (κ2) is 9.35. The number of hydrogen-bond acceptors (Lipinski definition) is 5. The average Bonchev–Trinajstić information content (AvgIpc) is 3.23. The fourth-order valence-electron chi connectivity index (χ4n) is 6.38. The number of amides is 2. The number of hydrogen-bond donors (Lipinski definition) is 1. The molecule has 1 aliphatic carbocycles. The van der Waals surface area contributed by atoms with Crippen LogP contribution in [0.3, 0.4) is 0 Å². The van der Waals surface area contributed by atoms with E-state index in [2.05, 4.69) is 20.1 Å². The second-order valence-electron chi connectivity index (χ2n) is 10.9. The summed E-state index contributed by atoms with van der Waals surface area (Å²) in [7, 11) is 1.94. The van der Waals surface area contributed by atoms with E-state index >= 15 is 0 Å². The zero-order chi connectivity index (χ0) is 24.8. The predicted octanol–water partition coefficient (Wildman–Crippen LogP) is 2.55. The Bertz CT molecular complexity index is 930. The number of pyridine rings is 1. The molecule has 1 N–H and O–H groups in total. The molecule has 3 aliphatic heterocycles. The fraction of sp³-hybridized carbons (Fsp3) is 0.720. The zero-order valence-corrected chi connectivity index (χ0v) is 20.2. The van der Waals surface area contributed by atoms with Gasteiger partial charge >= 0.3 is 0 Å². The van der Waals surface area contributed by atoms with Crippen LogP contribution in [0.2, 0.25) is 0 Å². The first-order valence-electron chi connectivity index (χ1n) is 12.7. The summed E-state index contributed by atoms with van der Waals surface area (Å²) in [4.78, 5) is 36.5. The van der Waals surface area contributed by atoms with Gasteiger partial charge in [-0.25, -0.2) is 13.2 Å². The van der Waals surface area contributed by atoms with Gasteiger partial charge in [-0.1, -0.05) is 0 Å². The van der Waals surface area contributed by atoms with Gasteiger partial charge in [0.15, 0.2) is 0 Å². The summed E-state index contributed by atoms with van der Waals surface area (Å²) in [5.74, 6) is -3.05. The quantitative estimate of drug-likeness (QED) is 0.699. The first kappa shape index (κ1) is 24.5. The van der Waals surface area contributed by atoms with Crippen LogP contribution in [0.4, 0.5) is 13.2 Å². The Hall–Kier alpha value is -2.20. The maximum atomic E-state index is 13.6. The number of carbonyl (C=O) groups excluding carboxylic acids is 2. The van der Waals surface area contributed by atoms with E-state index in [1.165, 1.54) is 12.3 Å². The number of nitrogens with one attached hydrogen (secondary N) is 1. The van der Waals surface area contributed by atoms with E-state index in [9.17, 15) is 22.8 Å². The van der Waals surface area contributed by atoms with Crippen LogP contribution in [0.15, 0.2) is 18.5 Å². The molecule has 4 fully saturated rings. The van der Waals surface area contributed by atoms with E-state index in [1.807, 2.05) is 7.05 Å². The van der Waals surface area contributed by atoms with Crippen LogP contribution in [-0.2, 0) is 16.1 Å². The van der Waals surface area contributed by atoms with E-state index < -0.39 is 17.5 Å². The van der Waals surface area contributed by atoms with Crippen LogP contribution in [0.1, 0.15) is 56.9 Å². The van der Waals surface area contributed by atoms with Crippen LogP contribution < -0.4 is 5.32 Å². The van der Waals surface area contributed by atoms with Gasteiger partial charge < -0.3 is 10.2 Å². The number of rotatable bonds is 4. The molecule has 0 radical (unpaired) electrons. The number of carbonyl (C=O) groups is 2.